The molecule has 0 aliphatic heterocycles. The van der Waals surface area contributed by atoms with E-state index >= 15 is 0 Å². The molecule has 3 aliphatic carbocycles. The number of rotatable bonds is 16. The lowest BCUT2D eigenvalue weighted by Gasteiger charge is -2.49. The highest BCUT2D eigenvalue weighted by molar-refractivity contribution is 7.00. The summed E-state index contributed by atoms with van der Waals surface area (Å²) in [6.07, 6.45) is 14.4. The molecule has 1 unspecified atom stereocenters. The summed E-state index contributed by atoms with van der Waals surface area (Å²) >= 11 is 0. The van der Waals surface area contributed by atoms with E-state index in [2.05, 4.69) is 202 Å². The molecule has 3 aliphatic rings. The SMILES string of the molecule is C=C1/C(=C/C=C2\CCC[C@]3(C)[C@@H](C(C)(C)/C=C/C(O)C(C)(C)OC(=O)OCCC)CC[C@@H]23)C[C@@H](O[Si](c2ccccc2)(c2ccccc2)C(C)(C)C)C[C@@H]1O[Si](c1ccccc1)(c1ccccc1)C(C)(C)C. The number of hydrogen-bond donors (Lipinski definition) is 1. The maximum absolute atomic E-state index is 12.4. The Kier molecular flexibility index (Phi) is 16.9. The maximum Gasteiger partial charge on any atom is 0.508 e. The Hall–Kier alpha value is -4.58. The minimum Gasteiger partial charge on any atom is -0.434 e. The average molecular weight is 1010 g/mol. The van der Waals surface area contributed by atoms with Crippen molar-refractivity contribution >= 4 is 43.5 Å². The number of allylic oxidation sites excluding steroid dienone is 4. The van der Waals surface area contributed by atoms with E-state index in [0.29, 0.717) is 24.7 Å². The Morgan fingerprint density at radius 1 is 0.736 bits per heavy atom. The molecule has 3 saturated carbocycles. The quantitative estimate of drug-likeness (QED) is 0.0685. The fraction of sp³-hybridized carbons (Fsp3) is 0.484. The van der Waals surface area contributed by atoms with Crippen molar-refractivity contribution in [1.82, 2.24) is 0 Å². The van der Waals surface area contributed by atoms with Gasteiger partial charge >= 0.3 is 6.16 Å². The summed E-state index contributed by atoms with van der Waals surface area (Å²) < 4.78 is 26.9. The molecule has 3 fully saturated rings. The van der Waals surface area contributed by atoms with Crippen LogP contribution in [-0.2, 0) is 18.3 Å². The van der Waals surface area contributed by atoms with Gasteiger partial charge in [0.05, 0.1) is 18.8 Å². The number of aliphatic hydroxyl groups is 1. The third-order valence-corrected chi connectivity index (χ3v) is 26.9. The molecule has 386 valence electrons. The van der Waals surface area contributed by atoms with Crippen LogP contribution < -0.4 is 20.7 Å². The van der Waals surface area contributed by atoms with Crippen LogP contribution >= 0.6 is 0 Å². The van der Waals surface area contributed by atoms with Gasteiger partial charge in [-0.25, -0.2) is 4.79 Å². The van der Waals surface area contributed by atoms with Gasteiger partial charge in [-0.15, -0.1) is 0 Å². The van der Waals surface area contributed by atoms with Gasteiger partial charge in [-0.2, -0.15) is 0 Å². The van der Waals surface area contributed by atoms with Crippen LogP contribution in [0.2, 0.25) is 10.1 Å². The lowest BCUT2D eigenvalue weighted by molar-refractivity contribution is -0.0670. The van der Waals surface area contributed by atoms with Crippen molar-refractivity contribution in [3.05, 3.63) is 169 Å². The number of fused-ring (bicyclic) bond motifs is 1. The zero-order valence-electron chi connectivity index (χ0n) is 45.8. The number of carbonyl (C=O) groups excluding carboxylic acids is 1. The van der Waals surface area contributed by atoms with E-state index in [-0.39, 0.29) is 39.7 Å². The zero-order chi connectivity index (χ0) is 52.2. The van der Waals surface area contributed by atoms with E-state index in [1.54, 1.807) is 13.8 Å². The van der Waals surface area contributed by atoms with Crippen molar-refractivity contribution in [2.75, 3.05) is 6.61 Å². The van der Waals surface area contributed by atoms with Crippen molar-refractivity contribution in [3.8, 4) is 0 Å². The molecule has 0 heterocycles. The summed E-state index contributed by atoms with van der Waals surface area (Å²) in [4.78, 5) is 12.4. The fourth-order valence-corrected chi connectivity index (χ4v) is 22.5. The first-order valence-corrected chi connectivity index (χ1v) is 30.7. The molecular formula is C64H86O6Si2. The van der Waals surface area contributed by atoms with E-state index in [0.717, 1.165) is 44.1 Å². The summed E-state index contributed by atoms with van der Waals surface area (Å²) in [6.45, 7) is 32.0. The lowest BCUT2D eigenvalue weighted by Crippen LogP contribution is -2.69. The summed E-state index contributed by atoms with van der Waals surface area (Å²) in [6, 6.07) is 44.1. The van der Waals surface area contributed by atoms with Crippen LogP contribution in [0.3, 0.4) is 0 Å². The summed E-state index contributed by atoms with van der Waals surface area (Å²) in [5.41, 5.74) is 2.52. The molecule has 4 aromatic carbocycles. The van der Waals surface area contributed by atoms with E-state index in [9.17, 15) is 9.90 Å². The normalized spacial score (nSPS) is 24.1. The monoisotopic (exact) mass is 1010 g/mol. The molecule has 0 aromatic heterocycles. The van der Waals surface area contributed by atoms with Crippen LogP contribution in [0.5, 0.6) is 0 Å². The number of aliphatic hydroxyl groups excluding tert-OH is 1. The maximum atomic E-state index is 12.4. The highest BCUT2D eigenvalue weighted by Crippen LogP contribution is 2.62. The third-order valence-electron chi connectivity index (χ3n) is 16.8. The highest BCUT2D eigenvalue weighted by Gasteiger charge is 2.56. The second kappa shape index (κ2) is 22.1. The highest BCUT2D eigenvalue weighted by atomic mass is 28.4. The van der Waals surface area contributed by atoms with Crippen molar-refractivity contribution < 1.29 is 28.2 Å². The minimum absolute atomic E-state index is 0.0742. The molecule has 0 bridgehead atoms. The van der Waals surface area contributed by atoms with Crippen LogP contribution in [0.4, 0.5) is 4.79 Å². The van der Waals surface area contributed by atoms with Crippen LogP contribution in [0.1, 0.15) is 134 Å². The number of carbonyl (C=O) groups is 1. The predicted octanol–water partition coefficient (Wildman–Crippen LogP) is 13.6. The van der Waals surface area contributed by atoms with Crippen molar-refractivity contribution in [1.29, 1.82) is 0 Å². The van der Waals surface area contributed by atoms with Crippen molar-refractivity contribution in [2.24, 2.45) is 22.7 Å². The standard InChI is InChI=1S/C64H86O6Si2/c1-14-44-67-59(66)68-63(11,12)58(65)41-43-62(9,10)57-40-39-55-48(28-27-42-64(55,57)13)37-38-49-45-50(69-71(60(3,4)5,51-29-19-15-20-30-51)52-31-21-16-22-32-52)46-56(47(49)2)70-72(61(6,7)8,53-33-23-17-24-34-53)54-35-25-18-26-36-54/h15-26,29-38,41,43,50,55-58,65H,2,14,27-28,39-40,42,44-46H2,1,3-13H3/b43-41+,48-37+,49-38+/t50-,55+,56+,57-,58?,64+/m1/s1. The molecule has 0 radical (unpaired) electrons. The molecule has 6 nitrogen and oxygen atoms in total. The van der Waals surface area contributed by atoms with Crippen LogP contribution in [0.25, 0.3) is 0 Å². The second-order valence-corrected chi connectivity index (χ2v) is 33.0. The molecule has 0 amide bonds. The first-order chi connectivity index (χ1) is 34.0. The number of benzene rings is 4. The Balaban J connectivity index is 1.28. The summed E-state index contributed by atoms with van der Waals surface area (Å²) in [7, 11) is -5.95. The van der Waals surface area contributed by atoms with Gasteiger partial charge in [-0.3, -0.25) is 0 Å². The zero-order valence-corrected chi connectivity index (χ0v) is 47.8. The molecule has 0 spiro atoms. The van der Waals surface area contributed by atoms with Gasteiger partial charge in [0, 0.05) is 6.42 Å². The van der Waals surface area contributed by atoms with Gasteiger partial charge in [-0.05, 0) is 123 Å². The van der Waals surface area contributed by atoms with Crippen molar-refractivity contribution in [2.45, 2.75) is 168 Å². The molecule has 6 atom stereocenters. The van der Waals surface area contributed by atoms with E-state index in [1.165, 1.54) is 31.9 Å². The third kappa shape index (κ3) is 11.2. The van der Waals surface area contributed by atoms with Gasteiger partial charge in [0.2, 0.25) is 0 Å². The molecular weight excluding hydrogens is 921 g/mol. The Morgan fingerprint density at radius 3 is 1.69 bits per heavy atom. The smallest absolute Gasteiger partial charge is 0.434 e. The minimum atomic E-state index is -3.00. The van der Waals surface area contributed by atoms with Gasteiger partial charge in [0.25, 0.3) is 16.6 Å². The lowest BCUT2D eigenvalue weighted by atomic mass is 9.57. The van der Waals surface area contributed by atoms with E-state index in [4.69, 9.17) is 24.9 Å². The predicted molar refractivity (Wildman–Crippen MR) is 303 cm³/mol. The Bertz CT molecular complexity index is 2460. The summed E-state index contributed by atoms with van der Waals surface area (Å²) in [5.74, 6) is 0.829. The van der Waals surface area contributed by atoms with Crippen molar-refractivity contribution in [3.63, 3.8) is 0 Å². The van der Waals surface area contributed by atoms with Crippen LogP contribution in [0.15, 0.2) is 169 Å². The molecule has 7 rings (SSSR count). The molecule has 72 heavy (non-hydrogen) atoms. The molecule has 4 aromatic rings. The van der Waals surface area contributed by atoms with Gasteiger partial charge in [0.1, 0.15) is 11.7 Å². The Morgan fingerprint density at radius 2 is 1.22 bits per heavy atom. The molecule has 8 heteroatoms. The van der Waals surface area contributed by atoms with E-state index in [1.807, 2.05) is 13.0 Å². The van der Waals surface area contributed by atoms with Gasteiger partial charge < -0.3 is 23.4 Å². The van der Waals surface area contributed by atoms with Gasteiger partial charge in [0.15, 0.2) is 0 Å². The topological polar surface area (TPSA) is 74.2 Å². The molecule has 0 saturated heterocycles. The summed E-state index contributed by atoms with van der Waals surface area (Å²) in [5, 5.41) is 16.0. The first-order valence-electron chi connectivity index (χ1n) is 26.9. The van der Waals surface area contributed by atoms with E-state index < -0.39 is 34.5 Å². The Labute approximate surface area is 436 Å². The van der Waals surface area contributed by atoms with Gasteiger partial charge in [-0.1, -0.05) is 227 Å². The average Bonchev–Trinajstić information content (AvgIpc) is 3.72. The largest absolute Gasteiger partial charge is 0.508 e. The number of hydrogen-bond acceptors (Lipinski definition) is 6. The fourth-order valence-electron chi connectivity index (χ4n) is 13.1. The molecule has 1 N–H and O–H groups in total. The number of ether oxygens (including phenoxy) is 2. The second-order valence-electron chi connectivity index (χ2n) is 24.5. The first kappa shape index (κ1) is 55.2. The van der Waals surface area contributed by atoms with Crippen LogP contribution in [0, 0.1) is 22.7 Å². The van der Waals surface area contributed by atoms with Crippen LogP contribution in [-0.4, -0.2) is 58.4 Å².